The lowest BCUT2D eigenvalue weighted by atomic mass is 9.54. The van der Waals surface area contributed by atoms with Crippen molar-refractivity contribution in [2.45, 2.75) is 56.5 Å². The largest absolute Gasteiger partial charge is 0.497 e. The molecule has 0 aromatic heterocycles. The Morgan fingerprint density at radius 3 is 1.84 bits per heavy atom. The van der Waals surface area contributed by atoms with Crippen LogP contribution in [-0.4, -0.2) is 60.1 Å². The smallest absolute Gasteiger partial charge is 0.416 e. The molecule has 6 rings (SSSR count). The van der Waals surface area contributed by atoms with E-state index in [9.17, 15) is 30.0 Å². The number of ether oxygens (including phenoxy) is 3. The summed E-state index contributed by atoms with van der Waals surface area (Å²) in [5, 5.41) is 0. The Balaban J connectivity index is 1.38. The first-order chi connectivity index (χ1) is 26.4. The molecule has 0 bridgehead atoms. The van der Waals surface area contributed by atoms with Crippen LogP contribution in [0.15, 0.2) is 84.9 Å². The van der Waals surface area contributed by atoms with Gasteiger partial charge in [-0.2, -0.15) is 25.9 Å². The van der Waals surface area contributed by atoms with E-state index in [4.69, 9.17) is 18.4 Å². The van der Waals surface area contributed by atoms with Gasteiger partial charge in [-0.1, -0.05) is 36.4 Å². The Labute approximate surface area is 323 Å². The summed E-state index contributed by atoms with van der Waals surface area (Å²) < 4.78 is 149. The van der Waals surface area contributed by atoms with Gasteiger partial charge in [0.1, 0.15) is 17.3 Å². The van der Waals surface area contributed by atoms with Crippen molar-refractivity contribution in [2.24, 2.45) is 11.8 Å². The number of methoxy groups -OCH3 is 2. The van der Waals surface area contributed by atoms with E-state index in [1.807, 2.05) is 0 Å². The topological polar surface area (TPSA) is 108 Å². The third-order valence-electron chi connectivity index (χ3n) is 10.8. The Morgan fingerprint density at radius 2 is 1.32 bits per heavy atom. The molecule has 9 nitrogen and oxygen atoms in total. The molecule has 16 heteroatoms. The van der Waals surface area contributed by atoms with Crippen LogP contribution in [0.4, 0.5) is 22.0 Å². The van der Waals surface area contributed by atoms with Crippen LogP contribution in [0, 0.1) is 23.5 Å². The van der Waals surface area contributed by atoms with Gasteiger partial charge >= 0.3 is 6.18 Å². The first-order valence-electron chi connectivity index (χ1n) is 17.8. The maximum absolute atomic E-state index is 16.0. The van der Waals surface area contributed by atoms with Gasteiger partial charge in [0, 0.05) is 30.0 Å². The fourth-order valence-corrected chi connectivity index (χ4v) is 10.3. The zero-order valence-electron chi connectivity index (χ0n) is 30.9. The van der Waals surface area contributed by atoms with Crippen molar-refractivity contribution in [2.75, 3.05) is 32.8 Å². The summed E-state index contributed by atoms with van der Waals surface area (Å²) in [7, 11) is -5.21. The summed E-state index contributed by atoms with van der Waals surface area (Å²) in [4.78, 5) is 0. The van der Waals surface area contributed by atoms with Crippen molar-refractivity contribution in [1.82, 2.24) is 4.31 Å². The number of halogens is 5. The van der Waals surface area contributed by atoms with Crippen molar-refractivity contribution < 1.29 is 57.2 Å². The van der Waals surface area contributed by atoms with Gasteiger partial charge < -0.3 is 14.2 Å². The van der Waals surface area contributed by atoms with E-state index in [2.05, 4.69) is 0 Å². The molecule has 0 amide bonds. The third-order valence-corrected chi connectivity index (χ3v) is 13.2. The van der Waals surface area contributed by atoms with Crippen molar-refractivity contribution in [3.05, 3.63) is 124 Å². The number of hydrogen-bond donors (Lipinski definition) is 0. The molecular formula is C40H42F5NO8S2. The Morgan fingerprint density at radius 1 is 0.786 bits per heavy atom. The van der Waals surface area contributed by atoms with Crippen LogP contribution in [0.3, 0.4) is 0 Å². The lowest BCUT2D eigenvalue weighted by Crippen LogP contribution is -2.55. The van der Waals surface area contributed by atoms with Gasteiger partial charge in [-0.05, 0) is 96.8 Å². The highest BCUT2D eigenvalue weighted by Crippen LogP contribution is 2.56. The Hall–Kier alpha value is -4.25. The van der Waals surface area contributed by atoms with Crippen LogP contribution in [0.5, 0.6) is 17.2 Å². The maximum atomic E-state index is 16.0. The number of hydrogen-bond acceptors (Lipinski definition) is 8. The number of nitrogens with zero attached hydrogens (tertiary/aromatic N) is 1. The van der Waals surface area contributed by atoms with E-state index in [0.717, 1.165) is 30.5 Å². The molecule has 1 aliphatic carbocycles. The van der Waals surface area contributed by atoms with Crippen LogP contribution < -0.4 is 14.2 Å². The van der Waals surface area contributed by atoms with Gasteiger partial charge in [0.25, 0.3) is 10.1 Å². The molecule has 56 heavy (non-hydrogen) atoms. The lowest BCUT2D eigenvalue weighted by molar-refractivity contribution is -0.137. The average Bonchev–Trinajstić information content (AvgIpc) is 3.15. The molecule has 1 fully saturated rings. The molecule has 4 aromatic rings. The third kappa shape index (κ3) is 9.14. The number of fused-ring (bicyclic) bond motifs is 3. The van der Waals surface area contributed by atoms with Gasteiger partial charge in [-0.25, -0.2) is 17.2 Å². The van der Waals surface area contributed by atoms with Crippen molar-refractivity contribution in [1.29, 1.82) is 0 Å². The molecule has 0 radical (unpaired) electrons. The summed E-state index contributed by atoms with van der Waals surface area (Å²) >= 11 is 0. The van der Waals surface area contributed by atoms with E-state index < -0.39 is 72.6 Å². The van der Waals surface area contributed by atoms with E-state index in [1.54, 1.807) is 48.5 Å². The maximum Gasteiger partial charge on any atom is 0.416 e. The van der Waals surface area contributed by atoms with Crippen LogP contribution in [0.2, 0.25) is 0 Å². The van der Waals surface area contributed by atoms with Crippen LogP contribution >= 0.6 is 0 Å². The van der Waals surface area contributed by atoms with E-state index in [0.29, 0.717) is 28.2 Å². The summed E-state index contributed by atoms with van der Waals surface area (Å²) in [6, 6.07) is 20.0. The molecule has 0 unspecified atom stereocenters. The number of sulfonamides is 1. The monoisotopic (exact) mass is 823 g/mol. The predicted octanol–water partition coefficient (Wildman–Crippen LogP) is 7.67. The molecular weight excluding hydrogens is 782 g/mol. The Bertz CT molecular complexity index is 2170. The van der Waals surface area contributed by atoms with Crippen molar-refractivity contribution in [3.8, 4) is 17.2 Å². The van der Waals surface area contributed by atoms with Crippen molar-refractivity contribution >= 4 is 20.1 Å². The highest BCUT2D eigenvalue weighted by atomic mass is 32.2. The van der Waals surface area contributed by atoms with Crippen molar-refractivity contribution in [3.63, 3.8) is 0 Å². The zero-order chi connectivity index (χ0) is 40.5. The molecule has 2 aliphatic rings. The molecule has 1 aliphatic heterocycles. The molecule has 0 N–H and O–H groups in total. The van der Waals surface area contributed by atoms with Crippen LogP contribution in [0.25, 0.3) is 0 Å². The second kappa shape index (κ2) is 16.3. The zero-order valence-corrected chi connectivity index (χ0v) is 32.5. The SMILES string of the molecule is COc1ccc(CN(Cc2ccc(OC)cc2)S(=O)(=O)CC[C@@H]2[C@@H](OS(C)(=O)=O)CC[C@@]3(Cc4ccc(C(F)(F)F)cc4)c4c(F)ccc(F)c4OC[C@@H]23)cc1. The van der Waals surface area contributed by atoms with Gasteiger partial charge in [0.2, 0.25) is 10.0 Å². The summed E-state index contributed by atoms with van der Waals surface area (Å²) in [6.07, 6.45) is -5.00. The first-order valence-corrected chi connectivity index (χ1v) is 21.2. The summed E-state index contributed by atoms with van der Waals surface area (Å²) in [5.74, 6) is -3.06. The summed E-state index contributed by atoms with van der Waals surface area (Å²) in [5.41, 5.74) is -0.620. The first kappa shape index (κ1) is 41.4. The molecule has 0 spiro atoms. The normalized spacial score (nSPS) is 21.2. The lowest BCUT2D eigenvalue weighted by Gasteiger charge is -2.53. The molecule has 1 saturated carbocycles. The molecule has 4 aromatic carbocycles. The average molecular weight is 824 g/mol. The van der Waals surface area contributed by atoms with E-state index in [1.165, 1.54) is 30.7 Å². The minimum atomic E-state index is -4.61. The second-order valence-electron chi connectivity index (χ2n) is 14.3. The molecule has 1 heterocycles. The van der Waals surface area contributed by atoms with Crippen LogP contribution in [-0.2, 0) is 55.4 Å². The van der Waals surface area contributed by atoms with Gasteiger partial charge in [0.05, 0.1) is 44.5 Å². The fraction of sp³-hybridized carbons (Fsp3) is 0.400. The minimum absolute atomic E-state index is 0.00821. The highest BCUT2D eigenvalue weighted by Gasteiger charge is 2.56. The Kier molecular flexibility index (Phi) is 12.1. The van der Waals surface area contributed by atoms with Gasteiger partial charge in [-0.15, -0.1) is 0 Å². The number of alkyl halides is 3. The van der Waals surface area contributed by atoms with E-state index >= 15 is 8.78 Å². The van der Waals surface area contributed by atoms with Crippen LogP contribution in [0.1, 0.15) is 47.1 Å². The number of rotatable bonds is 14. The quantitative estimate of drug-likeness (QED) is 0.0943. The van der Waals surface area contributed by atoms with Gasteiger partial charge in [0.15, 0.2) is 11.6 Å². The standard InChI is InChI=1S/C40H42F5NO8S2/c1-51-30-12-6-27(7-13-30)23-46(24-28-8-14-31(52-2)15-9-28)56(49,50)21-19-32-33-25-53-38-35(42)17-16-34(41)37(38)39(33,20-18-36(32)54-55(3,47)48)22-26-4-10-29(11-5-26)40(43,44)45/h4-17,32-33,36H,18-25H2,1-3H3/t32-,33-,36-,39-/m0/s1. The molecule has 0 saturated heterocycles. The van der Waals surface area contributed by atoms with Gasteiger partial charge in [-0.3, -0.25) is 4.18 Å². The number of benzene rings is 4. The highest BCUT2D eigenvalue weighted by molar-refractivity contribution is 7.89. The molecule has 302 valence electrons. The summed E-state index contributed by atoms with van der Waals surface area (Å²) in [6.45, 7) is -0.299. The molecule has 4 atom stereocenters. The predicted molar refractivity (Wildman–Crippen MR) is 198 cm³/mol. The minimum Gasteiger partial charge on any atom is -0.497 e. The fourth-order valence-electron chi connectivity index (χ4n) is 8.12. The van der Waals surface area contributed by atoms with E-state index in [-0.39, 0.29) is 56.7 Å². The second-order valence-corrected chi connectivity index (χ2v) is 18.0.